The van der Waals surface area contributed by atoms with Gasteiger partial charge in [0.2, 0.25) is 5.91 Å². The molecule has 0 bridgehead atoms. The molecule has 0 radical (unpaired) electrons. The number of primary amides is 1. The average molecular weight is 246 g/mol. The van der Waals surface area contributed by atoms with Crippen LogP contribution in [0.1, 0.15) is 32.1 Å². The predicted octanol–water partition coefficient (Wildman–Crippen LogP) is -1.32. The molecule has 0 aliphatic heterocycles. The van der Waals surface area contributed by atoms with Crippen LogP contribution in [0, 0.1) is 0 Å². The number of rotatable bonds is 9. The van der Waals surface area contributed by atoms with Gasteiger partial charge in [0.25, 0.3) is 0 Å². The Morgan fingerprint density at radius 3 is 2.18 bits per heavy atom. The summed E-state index contributed by atoms with van der Waals surface area (Å²) in [5, 5.41) is 26.2. The molecule has 0 saturated carbocycles. The van der Waals surface area contributed by atoms with E-state index in [2.05, 4.69) is 0 Å². The van der Waals surface area contributed by atoms with Gasteiger partial charge in [-0.15, -0.1) is 0 Å². The van der Waals surface area contributed by atoms with Gasteiger partial charge in [-0.1, -0.05) is 12.8 Å². The number of unbranched alkanes of at least 4 members (excludes halogenated alkanes) is 1. The van der Waals surface area contributed by atoms with Gasteiger partial charge in [0.15, 0.2) is 0 Å². The molecule has 7 nitrogen and oxygen atoms in total. The van der Waals surface area contributed by atoms with Gasteiger partial charge in [-0.2, -0.15) is 0 Å². The molecule has 8 heteroatoms. The number of aliphatic carboxylic acids is 1. The molecule has 0 fully saturated rings. The van der Waals surface area contributed by atoms with Crippen molar-refractivity contribution < 1.29 is 24.7 Å². The summed E-state index contributed by atoms with van der Waals surface area (Å²) in [4.78, 5) is 21.6. The van der Waals surface area contributed by atoms with Crippen LogP contribution in [0.15, 0.2) is 0 Å². The van der Waals surface area contributed by atoms with Crippen molar-refractivity contribution in [3.8, 4) is 0 Å². The van der Waals surface area contributed by atoms with Crippen LogP contribution < -0.4 is 11.5 Å². The standard InChI is InChI=1S/C9H19BN2O5/c11-7(13)3-5-9(12,8(14)15)4-1-2-6-10(16)17/h16-17H,1-6,12H2,(H2,11,13)(H,14,15). The van der Waals surface area contributed by atoms with Crippen molar-refractivity contribution in [2.24, 2.45) is 11.5 Å². The highest BCUT2D eigenvalue weighted by atomic mass is 16.4. The topological polar surface area (TPSA) is 147 Å². The summed E-state index contributed by atoms with van der Waals surface area (Å²) in [6.07, 6.45) is 1.15. The predicted molar refractivity (Wildman–Crippen MR) is 61.8 cm³/mol. The number of carbonyl (C=O) groups excluding carboxylic acids is 1. The van der Waals surface area contributed by atoms with Crippen LogP contribution >= 0.6 is 0 Å². The van der Waals surface area contributed by atoms with E-state index in [0.717, 1.165) is 0 Å². The van der Waals surface area contributed by atoms with E-state index < -0.39 is 24.5 Å². The summed E-state index contributed by atoms with van der Waals surface area (Å²) >= 11 is 0. The van der Waals surface area contributed by atoms with Gasteiger partial charge < -0.3 is 26.6 Å². The first kappa shape index (κ1) is 15.9. The molecule has 0 aliphatic carbocycles. The highest BCUT2D eigenvalue weighted by molar-refractivity contribution is 6.40. The molecule has 1 unspecified atom stereocenters. The van der Waals surface area contributed by atoms with Crippen molar-refractivity contribution in [1.29, 1.82) is 0 Å². The fourth-order valence-corrected chi connectivity index (χ4v) is 1.45. The first-order valence-electron chi connectivity index (χ1n) is 5.44. The van der Waals surface area contributed by atoms with E-state index >= 15 is 0 Å². The zero-order valence-corrected chi connectivity index (χ0v) is 9.63. The number of carbonyl (C=O) groups is 2. The number of nitrogens with two attached hydrogens (primary N) is 2. The third-order valence-corrected chi connectivity index (χ3v) is 2.58. The zero-order valence-electron chi connectivity index (χ0n) is 9.63. The van der Waals surface area contributed by atoms with Gasteiger partial charge in [-0.05, 0) is 19.2 Å². The van der Waals surface area contributed by atoms with E-state index in [1.54, 1.807) is 0 Å². The van der Waals surface area contributed by atoms with E-state index in [0.29, 0.717) is 12.8 Å². The molecule has 0 heterocycles. The van der Waals surface area contributed by atoms with Crippen LogP contribution in [0.5, 0.6) is 0 Å². The van der Waals surface area contributed by atoms with Gasteiger partial charge >= 0.3 is 13.1 Å². The van der Waals surface area contributed by atoms with Gasteiger partial charge in [0, 0.05) is 6.42 Å². The first-order valence-corrected chi connectivity index (χ1v) is 5.44. The molecule has 7 N–H and O–H groups in total. The maximum atomic E-state index is 11.0. The van der Waals surface area contributed by atoms with Crippen molar-refractivity contribution in [3.05, 3.63) is 0 Å². The number of carboxylic acids is 1. The molecule has 98 valence electrons. The van der Waals surface area contributed by atoms with E-state index in [9.17, 15) is 9.59 Å². The third kappa shape index (κ3) is 6.93. The summed E-state index contributed by atoms with van der Waals surface area (Å²) in [7, 11) is -1.39. The average Bonchev–Trinajstić information content (AvgIpc) is 2.21. The van der Waals surface area contributed by atoms with Gasteiger partial charge in [0.05, 0.1) is 0 Å². The molecule has 0 rings (SSSR count). The second kappa shape index (κ2) is 7.26. The smallest absolute Gasteiger partial charge is 0.451 e. The second-order valence-electron chi connectivity index (χ2n) is 4.15. The summed E-state index contributed by atoms with van der Waals surface area (Å²) in [5.41, 5.74) is 9.14. The molecule has 0 saturated heterocycles. The molecule has 0 aromatic carbocycles. The lowest BCUT2D eigenvalue weighted by Gasteiger charge is -2.24. The quantitative estimate of drug-likeness (QED) is 0.251. The Kier molecular flexibility index (Phi) is 6.78. The largest absolute Gasteiger partial charge is 0.480 e. The molecule has 1 amide bonds. The fraction of sp³-hybridized carbons (Fsp3) is 0.778. The number of carboxylic acid groups (broad SMARTS) is 1. The van der Waals surface area contributed by atoms with Crippen molar-refractivity contribution in [2.75, 3.05) is 0 Å². The van der Waals surface area contributed by atoms with Crippen molar-refractivity contribution in [1.82, 2.24) is 0 Å². The zero-order chi connectivity index (χ0) is 13.5. The van der Waals surface area contributed by atoms with E-state index in [1.165, 1.54) is 0 Å². The van der Waals surface area contributed by atoms with E-state index in [-0.39, 0.29) is 25.6 Å². The minimum absolute atomic E-state index is 0.0145. The van der Waals surface area contributed by atoms with Crippen molar-refractivity contribution in [3.63, 3.8) is 0 Å². The van der Waals surface area contributed by atoms with Gasteiger partial charge in [-0.3, -0.25) is 9.59 Å². The van der Waals surface area contributed by atoms with Crippen LogP contribution in [-0.4, -0.2) is 39.7 Å². The summed E-state index contributed by atoms with van der Waals surface area (Å²) in [6.45, 7) is 0. The van der Waals surface area contributed by atoms with Crippen molar-refractivity contribution in [2.45, 2.75) is 44.0 Å². The molecular formula is C9H19BN2O5. The molecule has 0 spiro atoms. The number of hydrogen-bond donors (Lipinski definition) is 5. The first-order chi connectivity index (χ1) is 7.78. The lowest BCUT2D eigenvalue weighted by Crippen LogP contribution is -2.48. The summed E-state index contributed by atoms with van der Waals surface area (Å²) < 4.78 is 0. The van der Waals surface area contributed by atoms with E-state index in [4.69, 9.17) is 26.6 Å². The monoisotopic (exact) mass is 246 g/mol. The lowest BCUT2D eigenvalue weighted by atomic mass is 9.81. The Morgan fingerprint density at radius 2 is 1.76 bits per heavy atom. The van der Waals surface area contributed by atoms with Gasteiger partial charge in [-0.25, -0.2) is 0 Å². The molecular weight excluding hydrogens is 227 g/mol. The highest BCUT2D eigenvalue weighted by Crippen LogP contribution is 2.19. The Morgan fingerprint density at radius 1 is 1.18 bits per heavy atom. The normalized spacial score (nSPS) is 14.1. The third-order valence-electron chi connectivity index (χ3n) is 2.58. The molecule has 0 aromatic rings. The van der Waals surface area contributed by atoms with Crippen LogP contribution in [0.2, 0.25) is 6.32 Å². The number of amides is 1. The maximum absolute atomic E-state index is 11.0. The Bertz CT molecular complexity index is 274. The lowest BCUT2D eigenvalue weighted by molar-refractivity contribution is -0.144. The molecule has 0 aliphatic rings. The van der Waals surface area contributed by atoms with Gasteiger partial charge in [0.1, 0.15) is 5.54 Å². The minimum Gasteiger partial charge on any atom is -0.480 e. The molecule has 17 heavy (non-hydrogen) atoms. The van der Waals surface area contributed by atoms with Crippen LogP contribution in [0.25, 0.3) is 0 Å². The Labute approximate surface area is 99.9 Å². The van der Waals surface area contributed by atoms with Crippen LogP contribution in [0.3, 0.4) is 0 Å². The SMILES string of the molecule is NC(=O)CCC(N)(CCCCB(O)O)C(=O)O. The molecule has 1 atom stereocenters. The molecule has 0 aromatic heterocycles. The highest BCUT2D eigenvalue weighted by Gasteiger charge is 2.33. The van der Waals surface area contributed by atoms with E-state index in [1.807, 2.05) is 0 Å². The minimum atomic E-state index is -1.48. The van der Waals surface area contributed by atoms with Crippen molar-refractivity contribution >= 4 is 19.0 Å². The number of hydrogen-bond acceptors (Lipinski definition) is 5. The maximum Gasteiger partial charge on any atom is 0.451 e. The van der Waals surface area contributed by atoms with Crippen LogP contribution in [-0.2, 0) is 9.59 Å². The Hall–Kier alpha value is -1.12. The van der Waals surface area contributed by atoms with Crippen LogP contribution in [0.4, 0.5) is 0 Å². The summed E-state index contributed by atoms with van der Waals surface area (Å²) in [6, 6.07) is 0. The fourth-order valence-electron chi connectivity index (χ4n) is 1.45. The summed E-state index contributed by atoms with van der Waals surface area (Å²) in [5.74, 6) is -1.77. The Balaban J connectivity index is 4.12. The second-order valence-corrected chi connectivity index (χ2v) is 4.15.